The highest BCUT2D eigenvalue weighted by Crippen LogP contribution is 2.42. The van der Waals surface area contributed by atoms with Crippen molar-refractivity contribution in [3.05, 3.63) is 84.0 Å². The Bertz CT molecular complexity index is 1200. The Morgan fingerprint density at radius 3 is 2.43 bits per heavy atom. The van der Waals surface area contributed by atoms with Crippen molar-refractivity contribution in [3.63, 3.8) is 0 Å². The summed E-state index contributed by atoms with van der Waals surface area (Å²) in [5.74, 6) is -0.428. The van der Waals surface area contributed by atoms with Crippen LogP contribution in [0.4, 0.5) is 0 Å². The third-order valence-corrected chi connectivity index (χ3v) is 5.84. The van der Waals surface area contributed by atoms with E-state index in [4.69, 9.17) is 9.47 Å². The molecule has 1 atom stereocenters. The van der Waals surface area contributed by atoms with Crippen LogP contribution in [0, 0.1) is 0 Å². The number of carbonyl (C=O) groups excluding carboxylic acids is 2. The lowest BCUT2D eigenvalue weighted by atomic mass is 9.95. The molecule has 1 aliphatic heterocycles. The second-order valence-electron chi connectivity index (χ2n) is 8.08. The second-order valence-corrected chi connectivity index (χ2v) is 8.08. The number of carbonyl (C=O) groups is 2. The quantitative estimate of drug-likeness (QED) is 0.268. The molecule has 0 aliphatic carbocycles. The first kappa shape index (κ1) is 24.1. The van der Waals surface area contributed by atoms with Gasteiger partial charge in [-0.1, -0.05) is 36.4 Å². The van der Waals surface area contributed by atoms with Crippen molar-refractivity contribution < 1.29 is 24.2 Å². The molecule has 2 heterocycles. The van der Waals surface area contributed by atoms with Gasteiger partial charge in [0.1, 0.15) is 5.76 Å². The summed E-state index contributed by atoms with van der Waals surface area (Å²) in [5.41, 5.74) is 1.21. The fourth-order valence-electron chi connectivity index (χ4n) is 4.29. The van der Waals surface area contributed by atoms with Gasteiger partial charge in [0.05, 0.1) is 31.2 Å². The molecule has 4 rings (SSSR count). The number of benzene rings is 2. The largest absolute Gasteiger partial charge is 0.507 e. The van der Waals surface area contributed by atoms with E-state index in [1.165, 1.54) is 4.90 Å². The first-order chi connectivity index (χ1) is 17.0. The summed E-state index contributed by atoms with van der Waals surface area (Å²) in [4.78, 5) is 31.9. The highest BCUT2D eigenvalue weighted by molar-refractivity contribution is 6.46. The van der Waals surface area contributed by atoms with Crippen molar-refractivity contribution in [1.82, 2.24) is 14.5 Å². The van der Waals surface area contributed by atoms with Crippen LogP contribution in [-0.4, -0.2) is 51.0 Å². The van der Waals surface area contributed by atoms with E-state index in [1.54, 1.807) is 48.9 Å². The van der Waals surface area contributed by atoms with Crippen molar-refractivity contribution in [2.75, 3.05) is 19.8 Å². The van der Waals surface area contributed by atoms with Crippen molar-refractivity contribution in [1.29, 1.82) is 0 Å². The molecular formula is C27H29N3O5. The molecule has 2 aromatic carbocycles. The third-order valence-electron chi connectivity index (χ3n) is 5.84. The van der Waals surface area contributed by atoms with Gasteiger partial charge < -0.3 is 24.0 Å². The maximum Gasteiger partial charge on any atom is 0.295 e. The Kier molecular flexibility index (Phi) is 7.50. The molecule has 1 aromatic heterocycles. The Morgan fingerprint density at radius 2 is 1.74 bits per heavy atom. The lowest BCUT2D eigenvalue weighted by Gasteiger charge is -2.26. The van der Waals surface area contributed by atoms with Gasteiger partial charge in [-0.15, -0.1) is 0 Å². The van der Waals surface area contributed by atoms with E-state index in [1.807, 2.05) is 36.7 Å². The lowest BCUT2D eigenvalue weighted by Crippen LogP contribution is -2.31. The predicted molar refractivity (Wildman–Crippen MR) is 131 cm³/mol. The van der Waals surface area contributed by atoms with E-state index >= 15 is 0 Å². The number of nitrogens with zero attached hydrogens (tertiary/aromatic N) is 3. The Labute approximate surface area is 204 Å². The number of ketones is 1. The number of hydrogen-bond donors (Lipinski definition) is 1. The molecule has 1 N–H and O–H groups in total. The number of likely N-dealkylation sites (tertiary alicyclic amines) is 1. The predicted octanol–water partition coefficient (Wildman–Crippen LogP) is 4.19. The molecule has 1 amide bonds. The van der Waals surface area contributed by atoms with Crippen LogP contribution in [-0.2, 0) is 16.1 Å². The maximum absolute atomic E-state index is 13.2. The lowest BCUT2D eigenvalue weighted by molar-refractivity contribution is -0.139. The number of ether oxygens (including phenoxy) is 2. The first-order valence-corrected chi connectivity index (χ1v) is 11.7. The molecule has 8 nitrogen and oxygen atoms in total. The number of aliphatic hydroxyl groups excluding tert-OH is 1. The molecule has 0 bridgehead atoms. The number of rotatable bonds is 10. The van der Waals surface area contributed by atoms with E-state index in [2.05, 4.69) is 4.98 Å². The topological polar surface area (TPSA) is 93.9 Å². The van der Waals surface area contributed by atoms with E-state index in [0.29, 0.717) is 55.4 Å². The number of aryl methyl sites for hydroxylation is 1. The molecular weight excluding hydrogens is 446 g/mol. The van der Waals surface area contributed by atoms with E-state index in [0.717, 1.165) is 0 Å². The summed E-state index contributed by atoms with van der Waals surface area (Å²) in [6.45, 7) is 5.63. The van der Waals surface area contributed by atoms with Crippen molar-refractivity contribution in [3.8, 4) is 11.5 Å². The van der Waals surface area contributed by atoms with E-state index in [9.17, 15) is 14.7 Å². The fraction of sp³-hybridized carbons (Fsp3) is 0.296. The van der Waals surface area contributed by atoms with Crippen LogP contribution in [0.3, 0.4) is 0 Å². The average Bonchev–Trinajstić information content (AvgIpc) is 3.48. The number of aromatic nitrogens is 2. The van der Waals surface area contributed by atoms with E-state index in [-0.39, 0.29) is 11.3 Å². The molecule has 1 saturated heterocycles. The monoisotopic (exact) mass is 475 g/mol. The van der Waals surface area contributed by atoms with Gasteiger partial charge in [-0.2, -0.15) is 0 Å². The zero-order chi connectivity index (χ0) is 24.8. The number of aliphatic hydroxyl groups is 1. The van der Waals surface area contributed by atoms with Crippen molar-refractivity contribution >= 4 is 17.4 Å². The summed E-state index contributed by atoms with van der Waals surface area (Å²) < 4.78 is 13.4. The number of imidazole rings is 1. The highest BCUT2D eigenvalue weighted by Gasteiger charge is 2.46. The summed E-state index contributed by atoms with van der Waals surface area (Å²) >= 11 is 0. The zero-order valence-electron chi connectivity index (χ0n) is 19.9. The molecule has 3 aromatic rings. The molecule has 182 valence electrons. The summed E-state index contributed by atoms with van der Waals surface area (Å²) in [5, 5.41) is 11.2. The van der Waals surface area contributed by atoms with Gasteiger partial charge in [0.25, 0.3) is 11.7 Å². The van der Waals surface area contributed by atoms with Crippen molar-refractivity contribution in [2.45, 2.75) is 32.9 Å². The smallest absolute Gasteiger partial charge is 0.295 e. The number of Topliss-reactive ketones (excluding diaryl/α,β-unsaturated/α-hetero) is 1. The van der Waals surface area contributed by atoms with Gasteiger partial charge in [0, 0.05) is 31.0 Å². The SMILES string of the molecule is CCOc1ccc([C@H]2/C(=C(\O)c3ccccc3)C(=O)C(=O)N2CCCn2ccnc2)cc1OCC. The van der Waals surface area contributed by atoms with Gasteiger partial charge in [-0.05, 0) is 38.0 Å². The van der Waals surface area contributed by atoms with Crippen LogP contribution in [0.25, 0.3) is 5.76 Å². The van der Waals surface area contributed by atoms with Crippen LogP contribution in [0.1, 0.15) is 37.4 Å². The molecule has 8 heteroatoms. The average molecular weight is 476 g/mol. The Morgan fingerprint density at radius 1 is 1.00 bits per heavy atom. The first-order valence-electron chi connectivity index (χ1n) is 11.7. The van der Waals surface area contributed by atoms with Crippen LogP contribution in [0.2, 0.25) is 0 Å². The minimum atomic E-state index is -0.757. The third kappa shape index (κ3) is 5.06. The molecule has 0 saturated carbocycles. The number of amides is 1. The standard InChI is InChI=1S/C27H29N3O5/c1-3-34-21-12-11-20(17-22(21)35-4-2)24-23(25(31)19-9-6-5-7-10-19)26(32)27(33)30(24)15-8-14-29-16-13-28-18-29/h5-7,9-13,16-18,24,31H,3-4,8,14-15H2,1-2H3/b25-23+/t24-/m0/s1. The summed E-state index contributed by atoms with van der Waals surface area (Å²) in [6.07, 6.45) is 5.87. The van der Waals surface area contributed by atoms with Gasteiger partial charge in [0.15, 0.2) is 11.5 Å². The minimum Gasteiger partial charge on any atom is -0.507 e. The maximum atomic E-state index is 13.2. The van der Waals surface area contributed by atoms with Gasteiger partial charge >= 0.3 is 0 Å². The highest BCUT2D eigenvalue weighted by atomic mass is 16.5. The fourth-order valence-corrected chi connectivity index (χ4v) is 4.29. The molecule has 0 unspecified atom stereocenters. The Balaban J connectivity index is 1.77. The van der Waals surface area contributed by atoms with Gasteiger partial charge in [-0.25, -0.2) is 4.98 Å². The Hall–Kier alpha value is -4.07. The molecule has 1 fully saturated rings. The minimum absolute atomic E-state index is 0.0652. The summed E-state index contributed by atoms with van der Waals surface area (Å²) in [7, 11) is 0. The summed E-state index contributed by atoms with van der Waals surface area (Å²) in [6, 6.07) is 13.4. The van der Waals surface area contributed by atoms with Gasteiger partial charge in [0.2, 0.25) is 0 Å². The van der Waals surface area contributed by atoms with Crippen molar-refractivity contribution in [2.24, 2.45) is 0 Å². The number of hydrogen-bond acceptors (Lipinski definition) is 6. The van der Waals surface area contributed by atoms with Gasteiger partial charge in [-0.3, -0.25) is 9.59 Å². The second kappa shape index (κ2) is 10.9. The van der Waals surface area contributed by atoms with Crippen LogP contribution >= 0.6 is 0 Å². The molecule has 0 radical (unpaired) electrons. The zero-order valence-corrected chi connectivity index (χ0v) is 19.9. The van der Waals surface area contributed by atoms with E-state index < -0.39 is 17.7 Å². The van der Waals surface area contributed by atoms with Crippen LogP contribution < -0.4 is 9.47 Å². The normalized spacial score (nSPS) is 17.1. The van der Waals surface area contributed by atoms with Crippen LogP contribution in [0.15, 0.2) is 72.8 Å². The molecule has 1 aliphatic rings. The molecule has 35 heavy (non-hydrogen) atoms. The van der Waals surface area contributed by atoms with Crippen LogP contribution in [0.5, 0.6) is 11.5 Å². The molecule has 0 spiro atoms.